The van der Waals surface area contributed by atoms with Crippen LogP contribution in [-0.2, 0) is 11.2 Å². The number of rotatable bonds is 7. The number of anilines is 3. The highest BCUT2D eigenvalue weighted by atomic mass is 35.5. The van der Waals surface area contributed by atoms with Gasteiger partial charge in [0, 0.05) is 43.0 Å². The summed E-state index contributed by atoms with van der Waals surface area (Å²) in [4.78, 5) is 25.0. The van der Waals surface area contributed by atoms with Crippen molar-refractivity contribution in [1.29, 1.82) is 0 Å². The minimum absolute atomic E-state index is 0.0855. The molecule has 1 saturated heterocycles. The Morgan fingerprint density at radius 2 is 2.06 bits per heavy atom. The van der Waals surface area contributed by atoms with Crippen molar-refractivity contribution < 1.29 is 4.79 Å². The van der Waals surface area contributed by atoms with E-state index in [0.29, 0.717) is 17.4 Å². The van der Waals surface area contributed by atoms with Crippen LogP contribution in [0, 0.1) is 0 Å². The molecule has 2 aromatic rings. The normalized spacial score (nSPS) is 15.6. The molecule has 0 bridgehead atoms. The van der Waals surface area contributed by atoms with Gasteiger partial charge in [0.15, 0.2) is 0 Å². The lowest BCUT2D eigenvalue weighted by molar-refractivity contribution is -0.130. The van der Waals surface area contributed by atoms with Crippen LogP contribution < -0.4 is 16.0 Å². The highest BCUT2D eigenvalue weighted by molar-refractivity contribution is 6.30. The Morgan fingerprint density at radius 3 is 2.77 bits per heavy atom. The smallest absolute Gasteiger partial charge is 0.241 e. The van der Waals surface area contributed by atoms with Crippen molar-refractivity contribution >= 4 is 34.8 Å². The lowest BCUT2D eigenvalue weighted by atomic mass is 10.0. The van der Waals surface area contributed by atoms with E-state index in [2.05, 4.69) is 33.2 Å². The molecule has 3 rings (SSSR count). The van der Waals surface area contributed by atoms with Crippen molar-refractivity contribution in [3.8, 4) is 0 Å². The number of aromatic nitrogens is 2. The first-order valence-corrected chi connectivity index (χ1v) is 11.5. The molecule has 0 aliphatic carbocycles. The molecule has 1 aromatic heterocycles. The van der Waals surface area contributed by atoms with Crippen molar-refractivity contribution in [2.75, 3.05) is 42.6 Å². The minimum Gasteiger partial charge on any atom is -0.384 e. The average molecular weight is 447 g/mol. The Labute approximate surface area is 191 Å². The van der Waals surface area contributed by atoms with Crippen molar-refractivity contribution in [3.63, 3.8) is 0 Å². The second-order valence-electron chi connectivity index (χ2n) is 7.50. The summed E-state index contributed by atoms with van der Waals surface area (Å²) in [5.74, 6) is 1.30. The topological polar surface area (TPSA) is 87.4 Å². The zero-order chi connectivity index (χ0) is 22.8. The number of halogens is 1. The van der Waals surface area contributed by atoms with E-state index in [0.717, 1.165) is 43.7 Å². The molecule has 2 heterocycles. The summed E-state index contributed by atoms with van der Waals surface area (Å²) < 4.78 is 0. The third kappa shape index (κ3) is 7.28. The quantitative estimate of drug-likeness (QED) is 0.661. The number of benzene rings is 1. The van der Waals surface area contributed by atoms with Crippen molar-refractivity contribution in [1.82, 2.24) is 14.9 Å². The predicted molar refractivity (Wildman–Crippen MR) is 130 cm³/mol. The first-order valence-electron chi connectivity index (χ1n) is 11.1. The van der Waals surface area contributed by atoms with Crippen LogP contribution in [0.3, 0.4) is 0 Å². The molecule has 1 amide bonds. The number of carbonyl (C=O) groups is 1. The van der Waals surface area contributed by atoms with E-state index in [9.17, 15) is 4.79 Å². The number of amides is 1. The van der Waals surface area contributed by atoms with Crippen LogP contribution in [0.2, 0.25) is 5.02 Å². The number of hydrogen-bond donors (Lipinski definition) is 2. The van der Waals surface area contributed by atoms with E-state index >= 15 is 0 Å². The van der Waals surface area contributed by atoms with Crippen LogP contribution in [0.25, 0.3) is 0 Å². The molecular formula is C23H35ClN6O. The molecular weight excluding hydrogens is 412 g/mol. The molecule has 170 valence electrons. The van der Waals surface area contributed by atoms with Gasteiger partial charge in [-0.2, -0.15) is 0 Å². The Bertz CT molecular complexity index is 847. The van der Waals surface area contributed by atoms with E-state index in [-0.39, 0.29) is 18.5 Å². The minimum atomic E-state index is 0.0855. The maximum atomic E-state index is 12.8. The molecule has 31 heavy (non-hydrogen) atoms. The van der Waals surface area contributed by atoms with Gasteiger partial charge in [0.2, 0.25) is 5.91 Å². The predicted octanol–water partition coefficient (Wildman–Crippen LogP) is 4.23. The Hall–Kier alpha value is -2.54. The van der Waals surface area contributed by atoms with Crippen LogP contribution in [0.1, 0.15) is 45.6 Å². The first-order chi connectivity index (χ1) is 15.0. The van der Waals surface area contributed by atoms with Gasteiger partial charge in [-0.1, -0.05) is 38.8 Å². The van der Waals surface area contributed by atoms with Crippen molar-refractivity contribution in [2.45, 2.75) is 52.5 Å². The van der Waals surface area contributed by atoms with Gasteiger partial charge in [0.05, 0.1) is 6.54 Å². The van der Waals surface area contributed by atoms with E-state index in [1.807, 2.05) is 37.9 Å². The van der Waals surface area contributed by atoms with Gasteiger partial charge >= 0.3 is 0 Å². The van der Waals surface area contributed by atoms with Gasteiger partial charge in [-0.05, 0) is 43.0 Å². The second kappa shape index (κ2) is 12.3. The summed E-state index contributed by atoms with van der Waals surface area (Å²) in [7, 11) is 1.99. The molecule has 1 unspecified atom stereocenters. The van der Waals surface area contributed by atoms with E-state index in [1.54, 1.807) is 6.07 Å². The molecule has 7 nitrogen and oxygen atoms in total. The fourth-order valence-corrected chi connectivity index (χ4v) is 3.97. The number of nitrogens with two attached hydrogens (primary N) is 1. The molecule has 1 fully saturated rings. The van der Waals surface area contributed by atoms with Crippen LogP contribution in [-0.4, -0.2) is 53.5 Å². The fraction of sp³-hybridized carbons (Fsp3) is 0.522. The zero-order valence-corrected chi connectivity index (χ0v) is 19.8. The summed E-state index contributed by atoms with van der Waals surface area (Å²) in [5, 5.41) is 3.93. The summed E-state index contributed by atoms with van der Waals surface area (Å²) in [5.41, 5.74) is 7.84. The second-order valence-corrected chi connectivity index (χ2v) is 7.94. The molecule has 1 aliphatic heterocycles. The fourth-order valence-electron chi connectivity index (χ4n) is 3.71. The number of carbonyl (C=O) groups excluding carboxylic acids is 1. The molecule has 0 radical (unpaired) electrons. The first kappa shape index (κ1) is 24.7. The average Bonchev–Trinajstić information content (AvgIpc) is 2.78. The Morgan fingerprint density at radius 1 is 1.29 bits per heavy atom. The summed E-state index contributed by atoms with van der Waals surface area (Å²) in [6.07, 6.45) is 5.45. The van der Waals surface area contributed by atoms with Gasteiger partial charge in [-0.3, -0.25) is 4.79 Å². The van der Waals surface area contributed by atoms with Crippen LogP contribution >= 0.6 is 11.6 Å². The molecule has 1 aliphatic rings. The summed E-state index contributed by atoms with van der Waals surface area (Å²) >= 11 is 6.21. The number of hydrogen-bond acceptors (Lipinski definition) is 6. The number of likely N-dealkylation sites (N-methyl/N-ethyl adjacent to an activating group) is 1. The molecule has 8 heteroatoms. The standard InChI is InChI=1S/C21H29ClN6O.C2H6/c1-3-5-15-8-16(22)10-17(9-15)24-12-21(29)28-7-4-6-18(13-28)27(2)20-11-19(23)25-14-26-20;1-2/h8-11,14,18,24H,3-7,12-13H2,1-2H3,(H2,23,25,26);1-2H3. The van der Waals surface area contributed by atoms with Crippen LogP contribution in [0.5, 0.6) is 0 Å². The van der Waals surface area contributed by atoms with Gasteiger partial charge in [-0.25, -0.2) is 9.97 Å². The number of likely N-dealkylation sites (tertiary alicyclic amines) is 1. The molecule has 1 aromatic carbocycles. The van der Waals surface area contributed by atoms with Crippen LogP contribution in [0.15, 0.2) is 30.6 Å². The van der Waals surface area contributed by atoms with E-state index in [4.69, 9.17) is 17.3 Å². The van der Waals surface area contributed by atoms with Gasteiger partial charge in [-0.15, -0.1) is 0 Å². The largest absolute Gasteiger partial charge is 0.384 e. The molecule has 3 N–H and O–H groups in total. The molecule has 0 saturated carbocycles. The van der Waals surface area contributed by atoms with Crippen molar-refractivity contribution in [3.05, 3.63) is 41.2 Å². The number of aryl methyl sites for hydroxylation is 1. The monoisotopic (exact) mass is 446 g/mol. The van der Waals surface area contributed by atoms with Gasteiger partial charge in [0.1, 0.15) is 18.0 Å². The van der Waals surface area contributed by atoms with Crippen molar-refractivity contribution in [2.24, 2.45) is 0 Å². The highest BCUT2D eigenvalue weighted by Gasteiger charge is 2.27. The SMILES string of the molecule is CC.CCCc1cc(Cl)cc(NCC(=O)N2CCCC(N(C)c3cc(N)ncn3)C2)c1. The zero-order valence-electron chi connectivity index (χ0n) is 19.1. The molecule has 1 atom stereocenters. The third-order valence-electron chi connectivity index (χ3n) is 5.27. The third-order valence-corrected chi connectivity index (χ3v) is 5.49. The Balaban J connectivity index is 0.00000166. The van der Waals surface area contributed by atoms with E-state index < -0.39 is 0 Å². The lowest BCUT2D eigenvalue weighted by Gasteiger charge is -2.38. The maximum absolute atomic E-state index is 12.8. The number of nitrogens with one attached hydrogen (secondary N) is 1. The Kier molecular flexibility index (Phi) is 9.85. The lowest BCUT2D eigenvalue weighted by Crippen LogP contribution is -2.50. The van der Waals surface area contributed by atoms with Gasteiger partial charge < -0.3 is 20.9 Å². The summed E-state index contributed by atoms with van der Waals surface area (Å²) in [6, 6.07) is 7.86. The number of nitrogens with zero attached hydrogens (tertiary/aromatic N) is 4. The summed E-state index contributed by atoms with van der Waals surface area (Å²) in [6.45, 7) is 7.82. The van der Waals surface area contributed by atoms with E-state index in [1.165, 1.54) is 11.9 Å². The van der Waals surface area contributed by atoms with Gasteiger partial charge in [0.25, 0.3) is 0 Å². The number of piperidine rings is 1. The number of nitrogen functional groups attached to an aromatic ring is 1. The molecule has 0 spiro atoms. The van der Waals surface area contributed by atoms with Crippen LogP contribution in [0.4, 0.5) is 17.3 Å². The highest BCUT2D eigenvalue weighted by Crippen LogP contribution is 2.22. The maximum Gasteiger partial charge on any atom is 0.241 e.